The van der Waals surface area contributed by atoms with E-state index in [1.165, 1.54) is 44.5 Å². The fourth-order valence-electron chi connectivity index (χ4n) is 6.32. The molecule has 1 aliphatic carbocycles. The average Bonchev–Trinajstić information content (AvgIpc) is 3.31. The molecule has 2 N–H and O–H groups in total. The van der Waals surface area contributed by atoms with E-state index in [0.717, 1.165) is 16.8 Å². The van der Waals surface area contributed by atoms with Gasteiger partial charge in [-0.15, -0.1) is 0 Å². The number of nitrogen functional groups attached to an aromatic ring is 1. The predicted molar refractivity (Wildman–Crippen MR) is 159 cm³/mol. The quantitative estimate of drug-likeness (QED) is 0.247. The highest BCUT2D eigenvalue weighted by molar-refractivity contribution is 5.95. The van der Waals surface area contributed by atoms with E-state index < -0.39 is 5.41 Å². The number of fused-ring (bicyclic) bond motifs is 3. The minimum Gasteiger partial charge on any atom is -0.398 e. The Morgan fingerprint density at radius 2 is 0.921 bits per heavy atom. The maximum absolute atomic E-state index is 7.29. The van der Waals surface area contributed by atoms with Crippen molar-refractivity contribution in [3.05, 3.63) is 174 Å². The van der Waals surface area contributed by atoms with Crippen LogP contribution in [0.5, 0.6) is 0 Å². The normalized spacial score (nSPS) is 13.1. The van der Waals surface area contributed by atoms with Gasteiger partial charge in [-0.25, -0.2) is 0 Å². The number of hydrogen-bond acceptors (Lipinski definition) is 1. The lowest BCUT2D eigenvalue weighted by Gasteiger charge is -2.35. The zero-order valence-electron chi connectivity index (χ0n) is 21.0. The van der Waals surface area contributed by atoms with E-state index in [9.17, 15) is 0 Å². The fourth-order valence-corrected chi connectivity index (χ4v) is 6.32. The van der Waals surface area contributed by atoms with Crippen LogP contribution in [0.3, 0.4) is 0 Å². The smallest absolute Gasteiger partial charge is 0.0733 e. The summed E-state index contributed by atoms with van der Waals surface area (Å²) >= 11 is 0. The van der Waals surface area contributed by atoms with Gasteiger partial charge < -0.3 is 5.73 Å². The summed E-state index contributed by atoms with van der Waals surface area (Å²) in [7, 11) is 0. The first-order chi connectivity index (χ1) is 18.8. The molecule has 0 heterocycles. The van der Waals surface area contributed by atoms with Gasteiger partial charge in [-0.2, -0.15) is 0 Å². The van der Waals surface area contributed by atoms with Crippen LogP contribution in [-0.4, -0.2) is 0 Å². The molecule has 0 saturated carbocycles. The van der Waals surface area contributed by atoms with Gasteiger partial charge in [-0.3, -0.25) is 0 Å². The molecule has 38 heavy (non-hydrogen) atoms. The molecule has 0 saturated heterocycles. The van der Waals surface area contributed by atoms with Gasteiger partial charge in [0.05, 0.1) is 5.41 Å². The van der Waals surface area contributed by atoms with E-state index in [2.05, 4.69) is 152 Å². The Kier molecular flexibility index (Phi) is 5.23. The van der Waals surface area contributed by atoms with E-state index in [1.807, 2.05) is 0 Å². The van der Waals surface area contributed by atoms with Gasteiger partial charge in [0.25, 0.3) is 0 Å². The molecule has 0 aromatic heterocycles. The molecule has 0 amide bonds. The summed E-state index contributed by atoms with van der Waals surface area (Å²) in [6.45, 7) is 0. The summed E-state index contributed by atoms with van der Waals surface area (Å²) in [4.78, 5) is 0. The van der Waals surface area contributed by atoms with Crippen LogP contribution in [0.25, 0.3) is 33.4 Å². The Morgan fingerprint density at radius 3 is 1.61 bits per heavy atom. The van der Waals surface area contributed by atoms with Crippen LogP contribution < -0.4 is 5.73 Å². The zero-order chi connectivity index (χ0) is 25.5. The lowest BCUT2D eigenvalue weighted by atomic mass is 9.67. The second kappa shape index (κ2) is 8.90. The summed E-state index contributed by atoms with van der Waals surface area (Å²) in [5, 5.41) is 0. The molecule has 0 unspecified atom stereocenters. The van der Waals surface area contributed by atoms with Gasteiger partial charge in [-0.05, 0) is 50.6 Å². The third-order valence-electron chi connectivity index (χ3n) is 7.94. The Morgan fingerprint density at radius 1 is 0.395 bits per heavy atom. The molecule has 1 aliphatic rings. The molecule has 7 rings (SSSR count). The Bertz CT molecular complexity index is 1710. The van der Waals surface area contributed by atoms with E-state index in [4.69, 9.17) is 5.73 Å². The molecule has 180 valence electrons. The second-order valence-electron chi connectivity index (χ2n) is 9.92. The first-order valence-corrected chi connectivity index (χ1v) is 13.1. The molecular formula is C37H27N. The summed E-state index contributed by atoms with van der Waals surface area (Å²) in [6.07, 6.45) is 0. The zero-order valence-corrected chi connectivity index (χ0v) is 21.0. The number of nitrogens with two attached hydrogens (primary N) is 1. The van der Waals surface area contributed by atoms with E-state index in [1.54, 1.807) is 0 Å². The van der Waals surface area contributed by atoms with Crippen molar-refractivity contribution in [2.45, 2.75) is 5.41 Å². The van der Waals surface area contributed by atoms with Gasteiger partial charge in [0.15, 0.2) is 0 Å². The first kappa shape index (κ1) is 22.3. The van der Waals surface area contributed by atoms with Crippen LogP contribution in [0.1, 0.15) is 22.3 Å². The molecular weight excluding hydrogens is 458 g/mol. The average molecular weight is 486 g/mol. The number of anilines is 1. The topological polar surface area (TPSA) is 26.0 Å². The molecule has 6 aromatic rings. The standard InChI is InChI=1S/C37H27N/c38-36-31(28-16-12-15-27(25-28)26-13-4-1-5-14-26)23-24-33-32-21-10-11-22-34(32)37(35(33)36,29-17-6-2-7-18-29)30-19-8-3-9-20-30/h1-25H,38H2. The van der Waals surface area contributed by atoms with Crippen LogP contribution >= 0.6 is 0 Å². The molecule has 1 nitrogen and oxygen atoms in total. The minimum atomic E-state index is -0.508. The predicted octanol–water partition coefficient (Wildman–Crippen LogP) is 8.97. The third kappa shape index (κ3) is 3.26. The first-order valence-electron chi connectivity index (χ1n) is 13.1. The summed E-state index contributed by atoms with van der Waals surface area (Å²) in [5.41, 5.74) is 19.5. The van der Waals surface area contributed by atoms with Gasteiger partial charge >= 0.3 is 0 Å². The maximum atomic E-state index is 7.29. The molecule has 0 bridgehead atoms. The molecule has 0 aliphatic heterocycles. The Hall–Kier alpha value is -4.88. The Balaban J connectivity index is 1.54. The van der Waals surface area contributed by atoms with Crippen LogP contribution in [0.4, 0.5) is 5.69 Å². The van der Waals surface area contributed by atoms with Gasteiger partial charge in [0.2, 0.25) is 0 Å². The van der Waals surface area contributed by atoms with Crippen molar-refractivity contribution < 1.29 is 0 Å². The molecule has 0 fully saturated rings. The van der Waals surface area contributed by atoms with Crippen molar-refractivity contribution in [1.29, 1.82) is 0 Å². The van der Waals surface area contributed by atoms with Crippen molar-refractivity contribution in [3.63, 3.8) is 0 Å². The third-order valence-corrected chi connectivity index (χ3v) is 7.94. The highest BCUT2D eigenvalue weighted by Gasteiger charge is 2.47. The highest BCUT2D eigenvalue weighted by atomic mass is 14.6. The summed E-state index contributed by atoms with van der Waals surface area (Å²) < 4.78 is 0. The SMILES string of the molecule is Nc1c(-c2cccc(-c3ccccc3)c2)ccc2c1C(c1ccccc1)(c1ccccc1)c1ccccc1-2. The molecule has 0 spiro atoms. The fraction of sp³-hybridized carbons (Fsp3) is 0.0270. The number of rotatable bonds is 4. The Labute approximate surface area is 223 Å². The highest BCUT2D eigenvalue weighted by Crippen LogP contribution is 2.59. The van der Waals surface area contributed by atoms with Gasteiger partial charge in [0.1, 0.15) is 0 Å². The summed E-state index contributed by atoms with van der Waals surface area (Å²) in [6, 6.07) is 54.1. The van der Waals surface area contributed by atoms with Crippen molar-refractivity contribution in [1.82, 2.24) is 0 Å². The number of benzene rings is 6. The molecule has 0 atom stereocenters. The van der Waals surface area contributed by atoms with Crippen LogP contribution in [0, 0.1) is 0 Å². The van der Waals surface area contributed by atoms with Crippen molar-refractivity contribution in [2.24, 2.45) is 0 Å². The minimum absolute atomic E-state index is 0.508. The van der Waals surface area contributed by atoms with Crippen LogP contribution in [0.15, 0.2) is 152 Å². The lowest BCUT2D eigenvalue weighted by molar-refractivity contribution is 0.771. The van der Waals surface area contributed by atoms with E-state index >= 15 is 0 Å². The number of hydrogen-bond donors (Lipinski definition) is 1. The van der Waals surface area contributed by atoms with Crippen LogP contribution in [0.2, 0.25) is 0 Å². The van der Waals surface area contributed by atoms with Crippen molar-refractivity contribution >= 4 is 5.69 Å². The van der Waals surface area contributed by atoms with E-state index in [-0.39, 0.29) is 0 Å². The second-order valence-corrected chi connectivity index (χ2v) is 9.92. The molecule has 1 heteroatoms. The summed E-state index contributed by atoms with van der Waals surface area (Å²) in [5.74, 6) is 0. The van der Waals surface area contributed by atoms with Gasteiger partial charge in [-0.1, -0.05) is 146 Å². The van der Waals surface area contributed by atoms with Crippen LogP contribution in [-0.2, 0) is 5.41 Å². The lowest BCUT2D eigenvalue weighted by Crippen LogP contribution is -2.29. The molecule has 6 aromatic carbocycles. The van der Waals surface area contributed by atoms with Crippen molar-refractivity contribution in [3.8, 4) is 33.4 Å². The molecule has 0 radical (unpaired) electrons. The van der Waals surface area contributed by atoms with Crippen molar-refractivity contribution in [2.75, 3.05) is 5.73 Å². The largest absolute Gasteiger partial charge is 0.398 e. The maximum Gasteiger partial charge on any atom is 0.0733 e. The monoisotopic (exact) mass is 485 g/mol. The van der Waals surface area contributed by atoms with E-state index in [0.29, 0.717) is 0 Å². The van der Waals surface area contributed by atoms with Gasteiger partial charge in [0, 0.05) is 16.8 Å².